The molecule has 0 unspecified atom stereocenters. The van der Waals surface area contributed by atoms with Crippen molar-refractivity contribution in [3.05, 3.63) is 58.2 Å². The minimum Gasteiger partial charge on any atom is -0.355 e. The van der Waals surface area contributed by atoms with Gasteiger partial charge in [-0.15, -0.1) is 11.3 Å². The van der Waals surface area contributed by atoms with Crippen LogP contribution in [0.5, 0.6) is 0 Å². The second-order valence-corrected chi connectivity index (χ2v) is 10.4. The summed E-state index contributed by atoms with van der Waals surface area (Å²) < 4.78 is 8.02. The van der Waals surface area contributed by atoms with E-state index in [1.54, 1.807) is 0 Å². The molecular weight excluding hydrogens is 458 g/mol. The first-order chi connectivity index (χ1) is 16.0. The zero-order valence-corrected chi connectivity index (χ0v) is 20.2. The fourth-order valence-electron chi connectivity index (χ4n) is 4.33. The van der Waals surface area contributed by atoms with E-state index in [9.17, 15) is 4.79 Å². The highest BCUT2D eigenvalue weighted by molar-refractivity contribution is 7.19. The highest BCUT2D eigenvalue weighted by Crippen LogP contribution is 2.31. The van der Waals surface area contributed by atoms with Crippen molar-refractivity contribution in [1.82, 2.24) is 25.2 Å². The Balaban J connectivity index is 1.34. The molecule has 5 rings (SSSR count). The number of carbonyl (C=O) groups is 1. The van der Waals surface area contributed by atoms with Crippen LogP contribution in [-0.4, -0.2) is 50.9 Å². The molecule has 7 nitrogen and oxygen atoms in total. The topological polar surface area (TPSA) is 76.2 Å². The van der Waals surface area contributed by atoms with Gasteiger partial charge in [-0.2, -0.15) is 5.10 Å². The summed E-state index contributed by atoms with van der Waals surface area (Å²) in [7, 11) is 0. The molecule has 0 saturated carbocycles. The van der Waals surface area contributed by atoms with E-state index in [-0.39, 0.29) is 11.9 Å². The lowest BCUT2D eigenvalue weighted by Crippen LogP contribution is -2.46. The number of thiophene rings is 1. The zero-order valence-electron chi connectivity index (χ0n) is 18.6. The molecular formula is C24H26ClN5O2S. The molecule has 0 bridgehead atoms. The van der Waals surface area contributed by atoms with E-state index in [1.165, 1.54) is 11.3 Å². The van der Waals surface area contributed by atoms with E-state index >= 15 is 0 Å². The highest BCUT2D eigenvalue weighted by Gasteiger charge is 2.25. The van der Waals surface area contributed by atoms with Gasteiger partial charge in [-0.05, 0) is 44.9 Å². The van der Waals surface area contributed by atoms with Crippen LogP contribution in [0.4, 0.5) is 0 Å². The summed E-state index contributed by atoms with van der Waals surface area (Å²) in [5.74, 6) is 0.547. The number of halogens is 1. The third kappa shape index (κ3) is 4.69. The lowest BCUT2D eigenvalue weighted by Gasteiger charge is -2.34. The number of aromatic nitrogens is 3. The molecule has 0 atom stereocenters. The predicted molar refractivity (Wildman–Crippen MR) is 131 cm³/mol. The SMILES string of the molecule is CC(C)N1CCC(NC(=O)c2nn(Cc3cc(-c4ccc(Cl)s4)on3)c3ccccc23)CC1. The average molecular weight is 484 g/mol. The molecule has 1 aromatic carbocycles. The van der Waals surface area contributed by atoms with E-state index in [0.29, 0.717) is 28.4 Å². The van der Waals surface area contributed by atoms with E-state index in [4.69, 9.17) is 16.1 Å². The number of rotatable bonds is 6. The Morgan fingerprint density at radius 2 is 2.03 bits per heavy atom. The molecule has 1 amide bonds. The molecule has 0 aliphatic carbocycles. The molecule has 1 N–H and O–H groups in total. The van der Waals surface area contributed by atoms with Gasteiger partial charge in [-0.1, -0.05) is 35.0 Å². The van der Waals surface area contributed by atoms with Crippen molar-refractivity contribution in [3.8, 4) is 10.6 Å². The molecule has 0 spiro atoms. The zero-order chi connectivity index (χ0) is 22.9. The van der Waals surface area contributed by atoms with Crippen molar-refractivity contribution in [1.29, 1.82) is 0 Å². The van der Waals surface area contributed by atoms with Gasteiger partial charge in [-0.25, -0.2) is 0 Å². The van der Waals surface area contributed by atoms with Crippen molar-refractivity contribution in [3.63, 3.8) is 0 Å². The third-order valence-corrected chi connectivity index (χ3v) is 7.40. The molecule has 1 fully saturated rings. The van der Waals surface area contributed by atoms with E-state index in [0.717, 1.165) is 47.4 Å². The van der Waals surface area contributed by atoms with Crippen LogP contribution in [0.3, 0.4) is 0 Å². The molecule has 1 aliphatic rings. The summed E-state index contributed by atoms with van der Waals surface area (Å²) in [6.07, 6.45) is 1.91. The number of nitrogens with zero attached hydrogens (tertiary/aromatic N) is 4. The summed E-state index contributed by atoms with van der Waals surface area (Å²) >= 11 is 7.48. The first kappa shape index (κ1) is 22.1. The van der Waals surface area contributed by atoms with Crippen molar-refractivity contribution < 1.29 is 9.32 Å². The first-order valence-electron chi connectivity index (χ1n) is 11.2. The number of para-hydroxylation sites is 1. The maximum absolute atomic E-state index is 13.2. The van der Waals surface area contributed by atoms with Gasteiger partial charge in [0.05, 0.1) is 21.3 Å². The van der Waals surface area contributed by atoms with Gasteiger partial charge >= 0.3 is 0 Å². The van der Waals surface area contributed by atoms with Gasteiger partial charge in [0.2, 0.25) is 0 Å². The van der Waals surface area contributed by atoms with Crippen molar-refractivity contribution >= 4 is 39.7 Å². The molecule has 9 heteroatoms. The average Bonchev–Trinajstić information content (AvgIpc) is 3.53. The number of hydrogen-bond donors (Lipinski definition) is 1. The van der Waals surface area contributed by atoms with Crippen LogP contribution in [-0.2, 0) is 6.54 Å². The molecule has 4 aromatic rings. The number of nitrogens with one attached hydrogen (secondary N) is 1. The number of likely N-dealkylation sites (tertiary alicyclic amines) is 1. The lowest BCUT2D eigenvalue weighted by atomic mass is 10.0. The summed E-state index contributed by atoms with van der Waals surface area (Å²) in [6, 6.07) is 14.1. The number of fused-ring (bicyclic) bond motifs is 1. The minimum atomic E-state index is -0.123. The molecule has 1 saturated heterocycles. The Kier molecular flexibility index (Phi) is 6.23. The summed E-state index contributed by atoms with van der Waals surface area (Å²) in [4.78, 5) is 16.5. The number of hydrogen-bond acceptors (Lipinski definition) is 6. The van der Waals surface area contributed by atoms with Crippen molar-refractivity contribution in [2.45, 2.75) is 45.3 Å². The van der Waals surface area contributed by atoms with Gasteiger partial charge < -0.3 is 14.7 Å². The number of amides is 1. The Hall–Kier alpha value is -2.68. The molecule has 172 valence electrons. The second kappa shape index (κ2) is 9.29. The van der Waals surface area contributed by atoms with Crippen LogP contribution >= 0.6 is 22.9 Å². The minimum absolute atomic E-state index is 0.123. The third-order valence-electron chi connectivity index (χ3n) is 6.15. The molecule has 4 heterocycles. The Bertz CT molecular complexity index is 1270. The van der Waals surface area contributed by atoms with Crippen molar-refractivity contribution in [2.24, 2.45) is 0 Å². The maximum atomic E-state index is 13.2. The van der Waals surface area contributed by atoms with Gasteiger partial charge in [-0.3, -0.25) is 9.48 Å². The predicted octanol–water partition coefficient (Wildman–Crippen LogP) is 5.06. The lowest BCUT2D eigenvalue weighted by molar-refractivity contribution is 0.0896. The standard InChI is InChI=1S/C24H26ClN5O2S/c1-15(2)29-11-9-16(10-12-29)26-24(31)23-18-5-3-4-6-19(18)30(27-23)14-17-13-20(32-28-17)21-7-8-22(25)33-21/h3-8,13,15-16H,9-12,14H2,1-2H3,(H,26,31). The van der Waals surface area contributed by atoms with Crippen molar-refractivity contribution in [2.75, 3.05) is 13.1 Å². The van der Waals surface area contributed by atoms with Gasteiger partial charge in [0.25, 0.3) is 5.91 Å². The smallest absolute Gasteiger partial charge is 0.272 e. The fraction of sp³-hybridized carbons (Fsp3) is 0.375. The number of piperidine rings is 1. The molecule has 3 aromatic heterocycles. The monoisotopic (exact) mass is 483 g/mol. The maximum Gasteiger partial charge on any atom is 0.272 e. The van der Waals surface area contributed by atoms with Crippen LogP contribution < -0.4 is 5.32 Å². The Morgan fingerprint density at radius 3 is 2.76 bits per heavy atom. The van der Waals surface area contributed by atoms with Crippen LogP contribution in [0.1, 0.15) is 42.9 Å². The van der Waals surface area contributed by atoms with E-state index in [2.05, 4.69) is 34.3 Å². The quantitative estimate of drug-likeness (QED) is 0.415. The normalized spacial score (nSPS) is 15.5. The molecule has 33 heavy (non-hydrogen) atoms. The summed E-state index contributed by atoms with van der Waals surface area (Å²) in [5.41, 5.74) is 2.07. The molecule has 0 radical (unpaired) electrons. The fourth-order valence-corrected chi connectivity index (χ4v) is 5.32. The van der Waals surface area contributed by atoms with Crippen LogP contribution in [0, 0.1) is 0 Å². The number of carbonyl (C=O) groups excluding carboxylic acids is 1. The van der Waals surface area contributed by atoms with Crippen LogP contribution in [0.15, 0.2) is 47.0 Å². The Labute approximate surface area is 201 Å². The van der Waals surface area contributed by atoms with Crippen LogP contribution in [0.25, 0.3) is 21.5 Å². The van der Waals surface area contributed by atoms with E-state index in [1.807, 2.05) is 47.1 Å². The van der Waals surface area contributed by atoms with Gasteiger partial charge in [0, 0.05) is 36.6 Å². The second-order valence-electron chi connectivity index (χ2n) is 8.69. The van der Waals surface area contributed by atoms with E-state index < -0.39 is 0 Å². The highest BCUT2D eigenvalue weighted by atomic mass is 35.5. The first-order valence-corrected chi connectivity index (χ1v) is 12.4. The van der Waals surface area contributed by atoms with Gasteiger partial charge in [0.1, 0.15) is 5.69 Å². The Morgan fingerprint density at radius 1 is 1.24 bits per heavy atom. The largest absolute Gasteiger partial charge is 0.355 e. The molecule has 1 aliphatic heterocycles. The van der Waals surface area contributed by atoms with Gasteiger partial charge in [0.15, 0.2) is 11.5 Å². The summed E-state index contributed by atoms with van der Waals surface area (Å²) in [5, 5.41) is 12.9. The summed E-state index contributed by atoms with van der Waals surface area (Å²) in [6.45, 7) is 6.84. The number of benzene rings is 1. The van der Waals surface area contributed by atoms with Crippen LogP contribution in [0.2, 0.25) is 4.34 Å².